The summed E-state index contributed by atoms with van der Waals surface area (Å²) in [4.78, 5) is 14.1. The topological polar surface area (TPSA) is 69.8 Å². The van der Waals surface area contributed by atoms with Crippen LogP contribution in [0.2, 0.25) is 0 Å². The third kappa shape index (κ3) is 7.23. The summed E-state index contributed by atoms with van der Waals surface area (Å²) in [5, 5.41) is 7.45. The smallest absolute Gasteiger partial charge is 0.228 e. The molecule has 1 aromatic carbocycles. The van der Waals surface area contributed by atoms with Crippen LogP contribution >= 0.6 is 24.0 Å². The highest BCUT2D eigenvalue weighted by molar-refractivity contribution is 14.0. The van der Waals surface area contributed by atoms with Gasteiger partial charge in [-0.25, -0.2) is 0 Å². The summed E-state index contributed by atoms with van der Waals surface area (Å²) in [7, 11) is 0. The SMILES string of the molecule is CCNC(=NCCc1nc(C(C)C)no1)N1CCN(Cc2cccc(C)c2)CC1.I. The van der Waals surface area contributed by atoms with Crippen LogP contribution in [0.15, 0.2) is 33.8 Å². The molecule has 0 aliphatic carbocycles. The Labute approximate surface area is 197 Å². The first-order valence-electron chi connectivity index (χ1n) is 10.7. The molecule has 166 valence electrons. The Morgan fingerprint density at radius 1 is 1.23 bits per heavy atom. The van der Waals surface area contributed by atoms with E-state index in [0.717, 1.165) is 51.1 Å². The minimum atomic E-state index is 0. The molecule has 0 radical (unpaired) electrons. The largest absolute Gasteiger partial charge is 0.357 e. The van der Waals surface area contributed by atoms with E-state index in [1.54, 1.807) is 0 Å². The van der Waals surface area contributed by atoms with Gasteiger partial charge in [0, 0.05) is 51.6 Å². The van der Waals surface area contributed by atoms with E-state index in [2.05, 4.69) is 77.2 Å². The number of aliphatic imine (C=N–C) groups is 1. The quantitative estimate of drug-likeness (QED) is 0.339. The van der Waals surface area contributed by atoms with Crippen LogP contribution in [0.3, 0.4) is 0 Å². The van der Waals surface area contributed by atoms with Crippen molar-refractivity contribution in [2.45, 2.75) is 46.6 Å². The molecule has 30 heavy (non-hydrogen) atoms. The van der Waals surface area contributed by atoms with Crippen LogP contribution in [-0.4, -0.2) is 65.2 Å². The number of hydrogen-bond donors (Lipinski definition) is 1. The van der Waals surface area contributed by atoms with Crippen LogP contribution in [0.25, 0.3) is 0 Å². The molecule has 1 N–H and O–H groups in total. The van der Waals surface area contributed by atoms with Crippen molar-refractivity contribution in [1.29, 1.82) is 0 Å². The molecule has 0 unspecified atom stereocenters. The molecule has 1 saturated heterocycles. The fourth-order valence-corrected chi connectivity index (χ4v) is 3.47. The predicted octanol–water partition coefficient (Wildman–Crippen LogP) is 3.45. The zero-order valence-corrected chi connectivity index (χ0v) is 20.9. The van der Waals surface area contributed by atoms with Gasteiger partial charge in [-0.2, -0.15) is 4.98 Å². The van der Waals surface area contributed by atoms with Crippen molar-refractivity contribution in [2.24, 2.45) is 4.99 Å². The first-order valence-corrected chi connectivity index (χ1v) is 10.7. The lowest BCUT2D eigenvalue weighted by molar-refractivity contribution is 0.172. The van der Waals surface area contributed by atoms with Crippen molar-refractivity contribution >= 4 is 29.9 Å². The first kappa shape index (κ1) is 24.6. The van der Waals surface area contributed by atoms with Gasteiger partial charge >= 0.3 is 0 Å². The molecule has 8 heteroatoms. The van der Waals surface area contributed by atoms with Gasteiger partial charge in [0.05, 0.1) is 6.54 Å². The lowest BCUT2D eigenvalue weighted by Gasteiger charge is -2.36. The maximum Gasteiger partial charge on any atom is 0.228 e. The highest BCUT2D eigenvalue weighted by atomic mass is 127. The summed E-state index contributed by atoms with van der Waals surface area (Å²) in [5.41, 5.74) is 2.71. The maximum atomic E-state index is 5.32. The predicted molar refractivity (Wildman–Crippen MR) is 132 cm³/mol. The second-order valence-corrected chi connectivity index (χ2v) is 7.94. The number of guanidine groups is 1. The van der Waals surface area contributed by atoms with E-state index in [4.69, 9.17) is 9.52 Å². The van der Waals surface area contributed by atoms with Crippen molar-refractivity contribution in [2.75, 3.05) is 39.3 Å². The van der Waals surface area contributed by atoms with Crippen LogP contribution in [-0.2, 0) is 13.0 Å². The van der Waals surface area contributed by atoms with E-state index >= 15 is 0 Å². The summed E-state index contributed by atoms with van der Waals surface area (Å²) in [6, 6.07) is 8.79. The van der Waals surface area contributed by atoms with Gasteiger partial charge in [0.25, 0.3) is 0 Å². The first-order chi connectivity index (χ1) is 14.0. The normalized spacial score (nSPS) is 15.4. The Morgan fingerprint density at radius 3 is 2.63 bits per heavy atom. The Kier molecular flexibility index (Phi) is 10.0. The second-order valence-electron chi connectivity index (χ2n) is 7.94. The number of nitrogens with zero attached hydrogens (tertiary/aromatic N) is 5. The Bertz CT molecular complexity index is 798. The number of aromatic nitrogens is 2. The fraction of sp³-hybridized carbons (Fsp3) is 0.591. The van der Waals surface area contributed by atoms with Gasteiger partial charge in [-0.15, -0.1) is 24.0 Å². The van der Waals surface area contributed by atoms with Crippen LogP contribution < -0.4 is 5.32 Å². The van der Waals surface area contributed by atoms with E-state index in [-0.39, 0.29) is 29.9 Å². The number of benzene rings is 1. The summed E-state index contributed by atoms with van der Waals surface area (Å²) in [6.07, 6.45) is 0.669. The van der Waals surface area contributed by atoms with Crippen molar-refractivity contribution in [3.05, 3.63) is 47.1 Å². The average Bonchev–Trinajstić information content (AvgIpc) is 3.17. The van der Waals surface area contributed by atoms with E-state index in [1.807, 2.05) is 0 Å². The zero-order chi connectivity index (χ0) is 20.6. The van der Waals surface area contributed by atoms with Gasteiger partial charge in [0.2, 0.25) is 5.89 Å². The zero-order valence-electron chi connectivity index (χ0n) is 18.6. The molecule has 0 bridgehead atoms. The van der Waals surface area contributed by atoms with E-state index in [9.17, 15) is 0 Å². The molecule has 0 amide bonds. The molecule has 1 aromatic heterocycles. The molecule has 7 nitrogen and oxygen atoms in total. The Morgan fingerprint density at radius 2 is 2.00 bits per heavy atom. The third-order valence-electron chi connectivity index (χ3n) is 5.08. The number of piperazine rings is 1. The minimum Gasteiger partial charge on any atom is -0.357 e. The highest BCUT2D eigenvalue weighted by Gasteiger charge is 2.19. The van der Waals surface area contributed by atoms with Crippen LogP contribution in [0.4, 0.5) is 0 Å². The second kappa shape index (κ2) is 12.2. The molecule has 0 spiro atoms. The lowest BCUT2D eigenvalue weighted by Crippen LogP contribution is -2.52. The van der Waals surface area contributed by atoms with Gasteiger partial charge in [-0.3, -0.25) is 9.89 Å². The lowest BCUT2D eigenvalue weighted by atomic mass is 10.1. The molecular formula is C22H35IN6O. The van der Waals surface area contributed by atoms with Crippen LogP contribution in [0.1, 0.15) is 49.5 Å². The fourth-order valence-electron chi connectivity index (χ4n) is 3.47. The maximum absolute atomic E-state index is 5.32. The molecule has 3 rings (SSSR count). The van der Waals surface area contributed by atoms with Crippen molar-refractivity contribution < 1.29 is 4.52 Å². The molecule has 1 aliphatic heterocycles. The number of hydrogen-bond acceptors (Lipinski definition) is 5. The monoisotopic (exact) mass is 526 g/mol. The summed E-state index contributed by atoms with van der Waals surface area (Å²) in [5.74, 6) is 2.69. The third-order valence-corrected chi connectivity index (χ3v) is 5.08. The summed E-state index contributed by atoms with van der Waals surface area (Å²) < 4.78 is 5.32. The van der Waals surface area contributed by atoms with E-state index < -0.39 is 0 Å². The van der Waals surface area contributed by atoms with Gasteiger partial charge in [0.1, 0.15) is 0 Å². The summed E-state index contributed by atoms with van der Waals surface area (Å²) >= 11 is 0. The van der Waals surface area contributed by atoms with Crippen molar-refractivity contribution in [3.8, 4) is 0 Å². The van der Waals surface area contributed by atoms with Gasteiger partial charge in [0.15, 0.2) is 11.8 Å². The van der Waals surface area contributed by atoms with Gasteiger partial charge < -0.3 is 14.7 Å². The number of halogens is 1. The van der Waals surface area contributed by atoms with Gasteiger partial charge in [-0.05, 0) is 19.4 Å². The van der Waals surface area contributed by atoms with Gasteiger partial charge in [-0.1, -0.05) is 48.8 Å². The molecule has 1 aliphatic rings. The number of aryl methyl sites for hydroxylation is 1. The number of nitrogens with one attached hydrogen (secondary N) is 1. The van der Waals surface area contributed by atoms with E-state index in [0.29, 0.717) is 18.9 Å². The number of rotatable bonds is 7. The average molecular weight is 526 g/mol. The van der Waals surface area contributed by atoms with Crippen LogP contribution in [0, 0.1) is 6.92 Å². The minimum absolute atomic E-state index is 0. The summed E-state index contributed by atoms with van der Waals surface area (Å²) in [6.45, 7) is 15.0. The van der Waals surface area contributed by atoms with Crippen molar-refractivity contribution in [1.82, 2.24) is 25.3 Å². The standard InChI is InChI=1S/C22H34N6O.HI/c1-5-23-22(24-10-9-20-25-21(17(2)3)26-29-20)28-13-11-27(12-14-28)16-19-8-6-7-18(4)15-19;/h6-8,15,17H,5,9-14,16H2,1-4H3,(H,23,24);1H. The Hall–Kier alpha value is -1.68. The molecule has 1 fully saturated rings. The van der Waals surface area contributed by atoms with Crippen LogP contribution in [0.5, 0.6) is 0 Å². The molecular weight excluding hydrogens is 491 g/mol. The van der Waals surface area contributed by atoms with Crippen molar-refractivity contribution in [3.63, 3.8) is 0 Å². The molecule has 2 heterocycles. The Balaban J connectivity index is 0.00000320. The highest BCUT2D eigenvalue weighted by Crippen LogP contribution is 2.12. The van der Waals surface area contributed by atoms with E-state index in [1.165, 1.54) is 11.1 Å². The molecule has 0 atom stereocenters. The molecule has 0 saturated carbocycles. The molecule has 2 aromatic rings.